The van der Waals surface area contributed by atoms with Gasteiger partial charge in [0.1, 0.15) is 0 Å². The topological polar surface area (TPSA) is 55.4 Å². The fourth-order valence-corrected chi connectivity index (χ4v) is 1.97. The lowest BCUT2D eigenvalue weighted by Crippen LogP contribution is -2.39. The minimum atomic E-state index is -0.799. The first kappa shape index (κ1) is 12.0. The molecule has 1 aliphatic rings. The first-order valence-electron chi connectivity index (χ1n) is 5.52. The molecule has 0 aliphatic heterocycles. The average molecular weight is 213 g/mol. The van der Waals surface area contributed by atoms with Crippen molar-refractivity contribution in [3.05, 3.63) is 0 Å². The molecule has 1 fully saturated rings. The number of methoxy groups -OCH3 is 1. The van der Waals surface area contributed by atoms with Gasteiger partial charge in [0.15, 0.2) is 0 Å². The predicted octanol–water partition coefficient (Wildman–Crippen LogP) is 1.24. The number of ether oxygens (including phenoxy) is 1. The van der Waals surface area contributed by atoms with Crippen molar-refractivity contribution in [3.63, 3.8) is 0 Å². The Kier molecular flexibility index (Phi) is 4.59. The lowest BCUT2D eigenvalue weighted by molar-refractivity contribution is -0.153. The quantitative estimate of drug-likeness (QED) is 0.405. The van der Waals surface area contributed by atoms with Crippen molar-refractivity contribution in [2.24, 2.45) is 5.92 Å². The normalized spacial score (nSPS) is 26.5. The highest BCUT2D eigenvalue weighted by Gasteiger charge is 2.21. The van der Waals surface area contributed by atoms with Gasteiger partial charge in [0.2, 0.25) is 0 Å². The fraction of sp³-hybridized carbons (Fsp3) is 0.818. The fourth-order valence-electron chi connectivity index (χ4n) is 1.97. The van der Waals surface area contributed by atoms with E-state index in [1.54, 1.807) is 0 Å². The van der Waals surface area contributed by atoms with E-state index in [1.165, 1.54) is 13.5 Å². The number of carbonyl (C=O) groups is 2. The molecule has 1 saturated carbocycles. The maximum atomic E-state index is 11.3. The molecule has 0 spiro atoms. The molecule has 0 bridgehead atoms. The van der Waals surface area contributed by atoms with Crippen molar-refractivity contribution in [1.29, 1.82) is 0 Å². The predicted molar refractivity (Wildman–Crippen MR) is 56.2 cm³/mol. The van der Waals surface area contributed by atoms with Crippen molar-refractivity contribution in [2.75, 3.05) is 7.11 Å². The molecule has 2 atom stereocenters. The molecule has 1 amide bonds. The second-order valence-electron chi connectivity index (χ2n) is 4.28. The molecule has 0 radical (unpaired) electrons. The van der Waals surface area contributed by atoms with E-state index >= 15 is 0 Å². The zero-order chi connectivity index (χ0) is 11.3. The standard InChI is InChI=1S/C11H19NO3/c1-8-4-3-5-9(7-6-8)12-10(13)11(14)15-2/h8-9H,3-7H2,1-2H3,(H,12,13). The van der Waals surface area contributed by atoms with Gasteiger partial charge in [-0.2, -0.15) is 0 Å². The largest absolute Gasteiger partial charge is 0.462 e. The number of hydrogen-bond acceptors (Lipinski definition) is 3. The highest BCUT2D eigenvalue weighted by Crippen LogP contribution is 2.22. The summed E-state index contributed by atoms with van der Waals surface area (Å²) < 4.78 is 4.35. The van der Waals surface area contributed by atoms with Crippen LogP contribution in [-0.4, -0.2) is 25.0 Å². The molecule has 4 nitrogen and oxygen atoms in total. The number of carbonyl (C=O) groups excluding carboxylic acids is 2. The minimum Gasteiger partial charge on any atom is -0.462 e. The van der Waals surface area contributed by atoms with Crippen molar-refractivity contribution in [3.8, 4) is 0 Å². The van der Waals surface area contributed by atoms with Crippen LogP contribution in [0.25, 0.3) is 0 Å². The van der Waals surface area contributed by atoms with Crippen LogP contribution >= 0.6 is 0 Å². The first-order chi connectivity index (χ1) is 7.13. The smallest absolute Gasteiger partial charge is 0.396 e. The third-order valence-electron chi connectivity index (χ3n) is 2.96. The molecule has 0 aromatic heterocycles. The van der Waals surface area contributed by atoms with Gasteiger partial charge in [-0.25, -0.2) is 4.79 Å². The van der Waals surface area contributed by atoms with Gasteiger partial charge in [0.05, 0.1) is 7.11 Å². The second kappa shape index (κ2) is 5.73. The SMILES string of the molecule is COC(=O)C(=O)NC1CCCC(C)CC1. The van der Waals surface area contributed by atoms with Crippen LogP contribution in [0.3, 0.4) is 0 Å². The van der Waals surface area contributed by atoms with Crippen LogP contribution in [0.4, 0.5) is 0 Å². The van der Waals surface area contributed by atoms with E-state index in [0.717, 1.165) is 31.6 Å². The van der Waals surface area contributed by atoms with Gasteiger partial charge < -0.3 is 10.1 Å². The highest BCUT2D eigenvalue weighted by atomic mass is 16.5. The summed E-state index contributed by atoms with van der Waals surface area (Å²) in [6.07, 6.45) is 5.38. The molecule has 4 heteroatoms. The summed E-state index contributed by atoms with van der Waals surface area (Å²) in [5.74, 6) is -0.686. The molecule has 0 saturated heterocycles. The summed E-state index contributed by atoms with van der Waals surface area (Å²) in [4.78, 5) is 22.2. The van der Waals surface area contributed by atoms with Crippen LogP contribution in [0.5, 0.6) is 0 Å². The monoisotopic (exact) mass is 213 g/mol. The molecule has 0 aromatic rings. The molecule has 0 heterocycles. The maximum Gasteiger partial charge on any atom is 0.396 e. The molecular formula is C11H19NO3. The number of rotatable bonds is 1. The van der Waals surface area contributed by atoms with E-state index in [9.17, 15) is 9.59 Å². The van der Waals surface area contributed by atoms with Crippen LogP contribution in [0.1, 0.15) is 39.0 Å². The highest BCUT2D eigenvalue weighted by molar-refractivity contribution is 6.32. The summed E-state index contributed by atoms with van der Waals surface area (Å²) in [5, 5.41) is 2.72. The zero-order valence-corrected chi connectivity index (χ0v) is 9.41. The summed E-state index contributed by atoms with van der Waals surface area (Å²) in [7, 11) is 1.22. The van der Waals surface area contributed by atoms with Gasteiger partial charge in [-0.15, -0.1) is 0 Å². The first-order valence-corrected chi connectivity index (χ1v) is 5.52. The Labute approximate surface area is 90.4 Å². The van der Waals surface area contributed by atoms with Crippen molar-refractivity contribution >= 4 is 11.9 Å². The minimum absolute atomic E-state index is 0.140. The van der Waals surface area contributed by atoms with Crippen molar-refractivity contribution in [1.82, 2.24) is 5.32 Å². The van der Waals surface area contributed by atoms with Crippen molar-refractivity contribution < 1.29 is 14.3 Å². The van der Waals surface area contributed by atoms with Gasteiger partial charge in [-0.05, 0) is 25.2 Å². The van der Waals surface area contributed by atoms with Crippen LogP contribution in [-0.2, 0) is 14.3 Å². The second-order valence-corrected chi connectivity index (χ2v) is 4.28. The zero-order valence-electron chi connectivity index (χ0n) is 9.41. The Morgan fingerprint density at radius 2 is 1.93 bits per heavy atom. The number of nitrogens with one attached hydrogen (secondary N) is 1. The van der Waals surface area contributed by atoms with E-state index in [4.69, 9.17) is 0 Å². The van der Waals surface area contributed by atoms with Gasteiger partial charge in [-0.3, -0.25) is 4.79 Å². The molecule has 1 N–H and O–H groups in total. The molecule has 0 aromatic carbocycles. The maximum absolute atomic E-state index is 11.3. The summed E-state index contributed by atoms with van der Waals surface area (Å²) in [6, 6.07) is 0.140. The van der Waals surface area contributed by atoms with Crippen LogP contribution in [0.2, 0.25) is 0 Å². The third kappa shape index (κ3) is 3.90. The molecule has 1 rings (SSSR count). The van der Waals surface area contributed by atoms with Gasteiger partial charge >= 0.3 is 11.9 Å². The lowest BCUT2D eigenvalue weighted by Gasteiger charge is -2.15. The Morgan fingerprint density at radius 3 is 2.60 bits per heavy atom. The molecule has 1 aliphatic carbocycles. The van der Waals surface area contributed by atoms with E-state index in [1.807, 2.05) is 0 Å². The Bertz CT molecular complexity index is 240. The van der Waals surface area contributed by atoms with E-state index in [0.29, 0.717) is 0 Å². The Balaban J connectivity index is 2.37. The van der Waals surface area contributed by atoms with Gasteiger partial charge in [0, 0.05) is 6.04 Å². The number of hydrogen-bond donors (Lipinski definition) is 1. The summed E-state index contributed by atoms with van der Waals surface area (Å²) in [6.45, 7) is 2.23. The Hall–Kier alpha value is -1.06. The lowest BCUT2D eigenvalue weighted by atomic mass is 10.0. The van der Waals surface area contributed by atoms with E-state index < -0.39 is 11.9 Å². The van der Waals surface area contributed by atoms with Crippen LogP contribution < -0.4 is 5.32 Å². The van der Waals surface area contributed by atoms with Crippen molar-refractivity contribution in [2.45, 2.75) is 45.1 Å². The summed E-state index contributed by atoms with van der Waals surface area (Å²) >= 11 is 0. The third-order valence-corrected chi connectivity index (χ3v) is 2.96. The van der Waals surface area contributed by atoms with Crippen LogP contribution in [0.15, 0.2) is 0 Å². The summed E-state index contributed by atoms with van der Waals surface area (Å²) in [5.41, 5.74) is 0. The average Bonchev–Trinajstić information content (AvgIpc) is 2.42. The molecule has 86 valence electrons. The van der Waals surface area contributed by atoms with Gasteiger partial charge in [-0.1, -0.05) is 19.8 Å². The molecule has 15 heavy (non-hydrogen) atoms. The Morgan fingerprint density at radius 1 is 1.20 bits per heavy atom. The van der Waals surface area contributed by atoms with Crippen LogP contribution in [0, 0.1) is 5.92 Å². The van der Waals surface area contributed by atoms with Gasteiger partial charge in [0.25, 0.3) is 0 Å². The van der Waals surface area contributed by atoms with E-state index in [-0.39, 0.29) is 6.04 Å². The number of esters is 1. The molecular weight excluding hydrogens is 194 g/mol. The number of amides is 1. The molecule has 2 unspecified atom stereocenters. The van der Waals surface area contributed by atoms with E-state index in [2.05, 4.69) is 17.0 Å².